The number of fused-ring (bicyclic) bond motifs is 2. The van der Waals surface area contributed by atoms with Gasteiger partial charge in [0.25, 0.3) is 0 Å². The van der Waals surface area contributed by atoms with Gasteiger partial charge in [-0.25, -0.2) is 14.3 Å². The number of carbonyl (C=O) groups is 1. The lowest BCUT2D eigenvalue weighted by molar-refractivity contribution is 0.206. The van der Waals surface area contributed by atoms with Gasteiger partial charge in [0.05, 0.1) is 21.8 Å². The molecule has 1 aliphatic heterocycles. The molecular formula is C20H18ClFN6O2. The fraction of sp³-hybridized carbons (Fsp3) is 0.300. The van der Waals surface area contributed by atoms with E-state index in [0.717, 1.165) is 37.7 Å². The molecule has 0 saturated heterocycles. The molecule has 8 nitrogen and oxygen atoms in total. The fourth-order valence-corrected chi connectivity index (χ4v) is 4.58. The van der Waals surface area contributed by atoms with Gasteiger partial charge in [0, 0.05) is 5.56 Å². The topological polar surface area (TPSA) is 105 Å². The van der Waals surface area contributed by atoms with Crippen LogP contribution in [0.3, 0.4) is 0 Å². The molecule has 154 valence electrons. The number of anilines is 1. The maximum absolute atomic E-state index is 14.8. The number of hydrogen-bond donors (Lipinski definition) is 3. The second-order valence-corrected chi connectivity index (χ2v) is 7.89. The molecule has 1 aromatic heterocycles. The Bertz CT molecular complexity index is 1110. The van der Waals surface area contributed by atoms with Crippen LogP contribution < -0.4 is 15.4 Å². The standard InChI is InChI=1S/C20H18ClFN6O2/c21-12-7-8-14(15-16(12)23-19(29)24-20(15)9-2-1-3-10-20)30-17-11(5-4-6-13(17)22)18-25-27-28-26-18/h4-8H,1-3,9-10H2,(H2,23,24,29)(H,25,26,27,28). The molecule has 2 amide bonds. The van der Waals surface area contributed by atoms with Crippen molar-refractivity contribution < 1.29 is 13.9 Å². The van der Waals surface area contributed by atoms with Crippen LogP contribution in [0.15, 0.2) is 30.3 Å². The number of hydrogen-bond acceptors (Lipinski definition) is 5. The van der Waals surface area contributed by atoms with Crippen molar-refractivity contribution in [2.45, 2.75) is 37.6 Å². The Morgan fingerprint density at radius 2 is 1.97 bits per heavy atom. The van der Waals surface area contributed by atoms with Crippen LogP contribution in [0.2, 0.25) is 5.02 Å². The Kier molecular flexibility index (Phi) is 4.54. The first-order chi connectivity index (χ1) is 14.6. The number of amides is 2. The predicted octanol–water partition coefficient (Wildman–Crippen LogP) is 4.75. The SMILES string of the molecule is O=C1Nc2c(Cl)ccc(Oc3c(F)cccc3-c3nnn[nH]3)c2C2(CCCCC2)N1. The van der Waals surface area contributed by atoms with E-state index >= 15 is 0 Å². The van der Waals surface area contributed by atoms with Gasteiger partial charge in [0.15, 0.2) is 17.4 Å². The lowest BCUT2D eigenvalue weighted by atomic mass is 9.74. The van der Waals surface area contributed by atoms with Crippen LogP contribution in [0, 0.1) is 5.82 Å². The van der Waals surface area contributed by atoms with E-state index in [1.54, 1.807) is 24.3 Å². The quantitative estimate of drug-likeness (QED) is 0.558. The van der Waals surface area contributed by atoms with E-state index in [2.05, 4.69) is 31.3 Å². The molecule has 30 heavy (non-hydrogen) atoms. The second kappa shape index (κ2) is 7.24. The summed E-state index contributed by atoms with van der Waals surface area (Å²) in [7, 11) is 0. The first-order valence-electron chi connectivity index (χ1n) is 9.70. The van der Waals surface area contributed by atoms with Crippen LogP contribution in [0.4, 0.5) is 14.9 Å². The first-order valence-corrected chi connectivity index (χ1v) is 10.1. The number of benzene rings is 2. The average molecular weight is 429 g/mol. The van der Waals surface area contributed by atoms with Gasteiger partial charge in [-0.2, -0.15) is 0 Å². The number of para-hydroxylation sites is 1. The third-order valence-corrected chi connectivity index (χ3v) is 5.99. The smallest absolute Gasteiger partial charge is 0.319 e. The van der Waals surface area contributed by atoms with E-state index in [1.807, 2.05) is 0 Å². The predicted molar refractivity (Wildman–Crippen MR) is 108 cm³/mol. The maximum atomic E-state index is 14.8. The van der Waals surface area contributed by atoms with Crippen molar-refractivity contribution in [2.75, 3.05) is 5.32 Å². The number of aromatic nitrogens is 4. The number of urea groups is 1. The van der Waals surface area contributed by atoms with Gasteiger partial charge in [-0.05, 0) is 47.5 Å². The van der Waals surface area contributed by atoms with Crippen molar-refractivity contribution in [2.24, 2.45) is 0 Å². The summed E-state index contributed by atoms with van der Waals surface area (Å²) >= 11 is 6.42. The Morgan fingerprint density at radius 3 is 2.73 bits per heavy atom. The summed E-state index contributed by atoms with van der Waals surface area (Å²) in [5.41, 5.74) is 1.00. The molecule has 5 rings (SSSR count). The molecule has 1 saturated carbocycles. The van der Waals surface area contributed by atoms with Crippen molar-refractivity contribution in [3.8, 4) is 22.9 Å². The molecule has 2 aromatic carbocycles. The molecule has 10 heteroatoms. The summed E-state index contributed by atoms with van der Waals surface area (Å²) in [6.45, 7) is 0. The van der Waals surface area contributed by atoms with Crippen molar-refractivity contribution in [1.29, 1.82) is 0 Å². The molecule has 3 aromatic rings. The lowest BCUT2D eigenvalue weighted by Gasteiger charge is -2.43. The van der Waals surface area contributed by atoms with Crippen molar-refractivity contribution in [1.82, 2.24) is 25.9 Å². The Hall–Kier alpha value is -3.20. The fourth-order valence-electron chi connectivity index (χ4n) is 4.38. The number of H-pyrrole nitrogens is 1. The van der Waals surface area contributed by atoms with E-state index in [-0.39, 0.29) is 17.6 Å². The van der Waals surface area contributed by atoms with Gasteiger partial charge in [-0.15, -0.1) is 5.10 Å². The van der Waals surface area contributed by atoms with Crippen LogP contribution in [0.1, 0.15) is 37.7 Å². The number of aromatic amines is 1. The monoisotopic (exact) mass is 428 g/mol. The van der Waals surface area contributed by atoms with Crippen LogP contribution in [0.5, 0.6) is 11.5 Å². The van der Waals surface area contributed by atoms with Crippen LogP contribution >= 0.6 is 11.6 Å². The molecule has 0 unspecified atom stereocenters. The first kappa shape index (κ1) is 18.8. The third kappa shape index (κ3) is 3.06. The number of rotatable bonds is 3. The van der Waals surface area contributed by atoms with Crippen molar-refractivity contribution in [3.05, 3.63) is 46.7 Å². The van der Waals surface area contributed by atoms with Crippen molar-refractivity contribution in [3.63, 3.8) is 0 Å². The highest BCUT2D eigenvalue weighted by Gasteiger charge is 2.43. The molecule has 3 N–H and O–H groups in total. The van der Waals surface area contributed by atoms with Crippen LogP contribution in [-0.4, -0.2) is 26.7 Å². The molecule has 2 heterocycles. The zero-order chi connectivity index (χ0) is 20.7. The minimum absolute atomic E-state index is 0.0107. The molecule has 2 aliphatic rings. The van der Waals surface area contributed by atoms with E-state index < -0.39 is 11.4 Å². The number of ether oxygens (including phenoxy) is 1. The Morgan fingerprint density at radius 1 is 1.13 bits per heavy atom. The number of nitrogens with one attached hydrogen (secondary N) is 3. The van der Waals surface area contributed by atoms with Crippen LogP contribution in [0.25, 0.3) is 11.4 Å². The summed E-state index contributed by atoms with van der Waals surface area (Å²) in [6.07, 6.45) is 4.51. The van der Waals surface area contributed by atoms with Crippen molar-refractivity contribution >= 4 is 23.3 Å². The molecule has 1 fully saturated rings. The highest BCUT2D eigenvalue weighted by Crippen LogP contribution is 2.50. The van der Waals surface area contributed by atoms with E-state index in [1.165, 1.54) is 6.07 Å². The number of carbonyl (C=O) groups excluding carboxylic acids is 1. The van der Waals surface area contributed by atoms with Gasteiger partial charge in [-0.3, -0.25) is 0 Å². The summed E-state index contributed by atoms with van der Waals surface area (Å²) < 4.78 is 21.0. The van der Waals surface area contributed by atoms with E-state index in [0.29, 0.717) is 22.0 Å². The number of tetrazole rings is 1. The zero-order valence-electron chi connectivity index (χ0n) is 15.8. The molecule has 0 radical (unpaired) electrons. The van der Waals surface area contributed by atoms with Gasteiger partial charge in [-0.1, -0.05) is 36.9 Å². The summed E-state index contributed by atoms with van der Waals surface area (Å²) in [6, 6.07) is 7.56. The van der Waals surface area contributed by atoms with Gasteiger partial charge in [0.1, 0.15) is 5.75 Å². The Balaban J connectivity index is 1.67. The molecule has 0 atom stereocenters. The minimum atomic E-state index is -0.616. The van der Waals surface area contributed by atoms with Gasteiger partial charge < -0.3 is 15.4 Å². The lowest BCUT2D eigenvalue weighted by Crippen LogP contribution is -2.52. The molecule has 1 aliphatic carbocycles. The number of nitrogens with zero attached hydrogens (tertiary/aromatic N) is 3. The molecular weight excluding hydrogens is 411 g/mol. The number of halogens is 2. The van der Waals surface area contributed by atoms with E-state index in [4.69, 9.17) is 16.3 Å². The summed E-state index contributed by atoms with van der Waals surface area (Å²) in [4.78, 5) is 12.4. The van der Waals surface area contributed by atoms with Crippen LogP contribution in [-0.2, 0) is 5.54 Å². The minimum Gasteiger partial charge on any atom is -0.453 e. The Labute approximate surface area is 176 Å². The van der Waals surface area contributed by atoms with E-state index in [9.17, 15) is 9.18 Å². The zero-order valence-corrected chi connectivity index (χ0v) is 16.6. The third-order valence-electron chi connectivity index (χ3n) is 5.67. The molecule has 1 spiro atoms. The highest BCUT2D eigenvalue weighted by atomic mass is 35.5. The average Bonchev–Trinajstić information content (AvgIpc) is 3.26. The summed E-state index contributed by atoms with van der Waals surface area (Å²) in [5, 5.41) is 19.9. The van der Waals surface area contributed by atoms with Gasteiger partial charge in [0.2, 0.25) is 0 Å². The maximum Gasteiger partial charge on any atom is 0.319 e. The molecule has 0 bridgehead atoms. The second-order valence-electron chi connectivity index (χ2n) is 7.49. The normalized spacial score (nSPS) is 17.2. The largest absolute Gasteiger partial charge is 0.453 e. The van der Waals surface area contributed by atoms with Gasteiger partial charge >= 0.3 is 6.03 Å². The highest BCUT2D eigenvalue weighted by molar-refractivity contribution is 6.34. The summed E-state index contributed by atoms with van der Waals surface area (Å²) in [5.74, 6) is 0.135.